The van der Waals surface area contributed by atoms with E-state index in [0.29, 0.717) is 19.8 Å². The molecule has 0 saturated carbocycles. The molecule has 4 heteroatoms. The van der Waals surface area contributed by atoms with Gasteiger partial charge in [-0.2, -0.15) is 0 Å². The fraction of sp³-hybridized carbons (Fsp3) is 0.0769. The SMILES string of the molecule is Fc1ccc(Oc2ccc3c(c2)COB3)cc1. The zero-order valence-electron chi connectivity index (χ0n) is 9.15. The van der Waals surface area contributed by atoms with Crippen molar-refractivity contribution in [2.45, 2.75) is 6.61 Å². The van der Waals surface area contributed by atoms with Crippen molar-refractivity contribution < 1.29 is 13.8 Å². The smallest absolute Gasteiger partial charge is 0.309 e. The van der Waals surface area contributed by atoms with Crippen LogP contribution in [0.15, 0.2) is 42.5 Å². The molecule has 0 amide bonds. The molecule has 0 aliphatic carbocycles. The summed E-state index contributed by atoms with van der Waals surface area (Å²) in [5, 5.41) is 0. The number of halogens is 1. The Labute approximate surface area is 99.3 Å². The Morgan fingerprint density at radius 3 is 2.65 bits per heavy atom. The Kier molecular flexibility index (Phi) is 2.57. The number of hydrogen-bond acceptors (Lipinski definition) is 2. The second-order valence-electron chi connectivity index (χ2n) is 3.98. The van der Waals surface area contributed by atoms with E-state index in [1.54, 1.807) is 12.1 Å². The third kappa shape index (κ3) is 2.17. The maximum atomic E-state index is 12.7. The zero-order chi connectivity index (χ0) is 11.7. The lowest BCUT2D eigenvalue weighted by Crippen LogP contribution is -2.10. The van der Waals surface area contributed by atoms with Crippen LogP contribution < -0.4 is 10.2 Å². The molecule has 3 rings (SSSR count). The fourth-order valence-corrected chi connectivity index (χ4v) is 1.85. The van der Waals surface area contributed by atoms with E-state index in [-0.39, 0.29) is 5.82 Å². The van der Waals surface area contributed by atoms with E-state index in [9.17, 15) is 4.39 Å². The molecule has 0 spiro atoms. The lowest BCUT2D eigenvalue weighted by molar-refractivity contribution is 0.344. The number of fused-ring (bicyclic) bond motifs is 1. The van der Waals surface area contributed by atoms with Crippen molar-refractivity contribution in [2.24, 2.45) is 0 Å². The summed E-state index contributed by atoms with van der Waals surface area (Å²) >= 11 is 0. The van der Waals surface area contributed by atoms with Gasteiger partial charge in [0.2, 0.25) is 0 Å². The molecule has 0 N–H and O–H groups in total. The summed E-state index contributed by atoms with van der Waals surface area (Å²) < 4.78 is 23.7. The second kappa shape index (κ2) is 4.22. The minimum absolute atomic E-state index is 0.264. The molecule has 0 unspecified atom stereocenters. The molecular weight excluding hydrogens is 218 g/mol. The van der Waals surface area contributed by atoms with Crippen LogP contribution in [-0.2, 0) is 11.3 Å². The van der Waals surface area contributed by atoms with Crippen LogP contribution in [0.4, 0.5) is 4.39 Å². The van der Waals surface area contributed by atoms with Crippen molar-refractivity contribution in [2.75, 3.05) is 0 Å². The fourth-order valence-electron chi connectivity index (χ4n) is 1.85. The van der Waals surface area contributed by atoms with E-state index in [1.165, 1.54) is 17.6 Å². The van der Waals surface area contributed by atoms with E-state index in [0.717, 1.165) is 11.3 Å². The molecule has 17 heavy (non-hydrogen) atoms. The summed E-state index contributed by atoms with van der Waals surface area (Å²) in [4.78, 5) is 0. The van der Waals surface area contributed by atoms with Gasteiger partial charge in [0.25, 0.3) is 0 Å². The topological polar surface area (TPSA) is 18.5 Å². The molecule has 1 aliphatic heterocycles. The standard InChI is InChI=1S/C13H10BFO2/c15-10-1-3-11(4-2-10)17-12-5-6-13-9(7-12)8-16-14-13/h1-7,14H,8H2. The molecule has 2 aromatic rings. The normalized spacial score (nSPS) is 13.0. The molecule has 0 bridgehead atoms. The molecule has 84 valence electrons. The van der Waals surface area contributed by atoms with Gasteiger partial charge in [0.15, 0.2) is 0 Å². The van der Waals surface area contributed by atoms with Crippen molar-refractivity contribution in [3.8, 4) is 11.5 Å². The van der Waals surface area contributed by atoms with Gasteiger partial charge >= 0.3 is 7.48 Å². The first-order valence-electron chi connectivity index (χ1n) is 5.44. The highest BCUT2D eigenvalue weighted by Crippen LogP contribution is 2.22. The van der Waals surface area contributed by atoms with Gasteiger partial charge in [0.1, 0.15) is 17.3 Å². The number of rotatable bonds is 2. The van der Waals surface area contributed by atoms with Gasteiger partial charge in [0, 0.05) is 0 Å². The van der Waals surface area contributed by atoms with Crippen LogP contribution in [0.1, 0.15) is 5.56 Å². The van der Waals surface area contributed by atoms with Crippen molar-refractivity contribution in [1.29, 1.82) is 0 Å². The van der Waals surface area contributed by atoms with Crippen LogP contribution in [0.2, 0.25) is 0 Å². The van der Waals surface area contributed by atoms with Gasteiger partial charge in [0.05, 0.1) is 6.61 Å². The van der Waals surface area contributed by atoms with Crippen molar-refractivity contribution in [1.82, 2.24) is 0 Å². The third-order valence-corrected chi connectivity index (χ3v) is 2.74. The van der Waals surface area contributed by atoms with Gasteiger partial charge in [-0.25, -0.2) is 4.39 Å². The molecule has 1 aliphatic rings. The molecule has 0 radical (unpaired) electrons. The van der Waals surface area contributed by atoms with E-state index >= 15 is 0 Å². The van der Waals surface area contributed by atoms with Gasteiger partial charge in [-0.15, -0.1) is 0 Å². The maximum Gasteiger partial charge on any atom is 0.309 e. The predicted molar refractivity (Wildman–Crippen MR) is 64.5 cm³/mol. The lowest BCUT2D eigenvalue weighted by Gasteiger charge is -2.07. The highest BCUT2D eigenvalue weighted by Gasteiger charge is 2.13. The van der Waals surface area contributed by atoms with Crippen LogP contribution in [0, 0.1) is 5.82 Å². The first-order chi connectivity index (χ1) is 8.31. The first-order valence-corrected chi connectivity index (χ1v) is 5.44. The molecule has 0 fully saturated rings. The predicted octanol–water partition coefficient (Wildman–Crippen LogP) is 2.12. The zero-order valence-corrected chi connectivity index (χ0v) is 9.15. The van der Waals surface area contributed by atoms with E-state index in [2.05, 4.69) is 0 Å². The quantitative estimate of drug-likeness (QED) is 0.733. The van der Waals surface area contributed by atoms with Crippen LogP contribution in [0.25, 0.3) is 0 Å². The molecule has 1 heterocycles. The van der Waals surface area contributed by atoms with Crippen LogP contribution >= 0.6 is 0 Å². The maximum absolute atomic E-state index is 12.7. The summed E-state index contributed by atoms with van der Waals surface area (Å²) in [6.07, 6.45) is 0. The van der Waals surface area contributed by atoms with Crippen LogP contribution in [-0.4, -0.2) is 7.48 Å². The Morgan fingerprint density at radius 1 is 1.06 bits per heavy atom. The van der Waals surface area contributed by atoms with E-state index < -0.39 is 0 Å². The minimum atomic E-state index is -0.264. The Morgan fingerprint density at radius 2 is 1.82 bits per heavy atom. The molecule has 2 nitrogen and oxygen atoms in total. The van der Waals surface area contributed by atoms with Gasteiger partial charge in [-0.1, -0.05) is 6.07 Å². The number of hydrogen-bond donors (Lipinski definition) is 0. The number of ether oxygens (including phenoxy) is 1. The molecule has 0 atom stereocenters. The lowest BCUT2D eigenvalue weighted by atomic mass is 9.87. The minimum Gasteiger partial charge on any atom is -0.457 e. The van der Waals surface area contributed by atoms with Gasteiger partial charge in [-0.3, -0.25) is 0 Å². The summed E-state index contributed by atoms with van der Waals surface area (Å²) in [6.45, 7) is 0.635. The largest absolute Gasteiger partial charge is 0.457 e. The average Bonchev–Trinajstić information content (AvgIpc) is 2.79. The number of benzene rings is 2. The molecule has 2 aromatic carbocycles. The van der Waals surface area contributed by atoms with Crippen molar-refractivity contribution in [3.05, 3.63) is 53.8 Å². The Bertz CT molecular complexity index is 540. The summed E-state index contributed by atoms with van der Waals surface area (Å²) in [6, 6.07) is 11.8. The monoisotopic (exact) mass is 228 g/mol. The summed E-state index contributed by atoms with van der Waals surface area (Å²) in [7, 11) is 0.673. The molecule has 0 aromatic heterocycles. The Hall–Kier alpha value is -1.81. The second-order valence-corrected chi connectivity index (χ2v) is 3.98. The first kappa shape index (κ1) is 10.4. The highest BCUT2D eigenvalue weighted by molar-refractivity contribution is 6.48. The summed E-state index contributed by atoms with van der Waals surface area (Å²) in [5.41, 5.74) is 2.36. The van der Waals surface area contributed by atoms with Crippen molar-refractivity contribution in [3.63, 3.8) is 0 Å². The van der Waals surface area contributed by atoms with Crippen LogP contribution in [0.5, 0.6) is 11.5 Å². The highest BCUT2D eigenvalue weighted by atomic mass is 19.1. The van der Waals surface area contributed by atoms with Gasteiger partial charge < -0.3 is 9.39 Å². The van der Waals surface area contributed by atoms with E-state index in [1.807, 2.05) is 18.2 Å². The average molecular weight is 228 g/mol. The van der Waals surface area contributed by atoms with Gasteiger partial charge in [-0.05, 0) is 47.4 Å². The summed E-state index contributed by atoms with van der Waals surface area (Å²) in [5.74, 6) is 1.12. The third-order valence-electron chi connectivity index (χ3n) is 2.74. The molecule has 0 saturated heterocycles. The Balaban J connectivity index is 1.83. The van der Waals surface area contributed by atoms with Crippen LogP contribution in [0.3, 0.4) is 0 Å². The molecular formula is C13H10BFO2. The van der Waals surface area contributed by atoms with Crippen molar-refractivity contribution >= 4 is 12.9 Å². The van der Waals surface area contributed by atoms with E-state index in [4.69, 9.17) is 9.39 Å².